The quantitative estimate of drug-likeness (QED) is 0.768. The molecule has 1 aromatic rings. The first kappa shape index (κ1) is 21.0. The summed E-state index contributed by atoms with van der Waals surface area (Å²) in [4.78, 5) is 12.5. The lowest BCUT2D eigenvalue weighted by atomic mass is 9.87. The molecule has 1 heterocycles. The number of carbonyl (C=O) groups is 1. The number of halogens is 1. The van der Waals surface area contributed by atoms with Crippen LogP contribution >= 0.6 is 12.4 Å². The third-order valence-electron chi connectivity index (χ3n) is 5.38. The smallest absolute Gasteiger partial charge is 0.223 e. The lowest BCUT2D eigenvalue weighted by Gasteiger charge is -2.33. The molecule has 1 amide bonds. The van der Waals surface area contributed by atoms with Crippen molar-refractivity contribution in [3.05, 3.63) is 35.4 Å². The molecule has 1 aromatic carbocycles. The van der Waals surface area contributed by atoms with E-state index in [1.165, 1.54) is 11.1 Å². The Balaban J connectivity index is 0.00000288. The zero-order valence-corrected chi connectivity index (χ0v) is 16.5. The van der Waals surface area contributed by atoms with E-state index < -0.39 is 0 Å². The Labute approximate surface area is 153 Å². The third kappa shape index (κ3) is 4.97. The molecule has 1 aliphatic rings. The van der Waals surface area contributed by atoms with Gasteiger partial charge < -0.3 is 10.6 Å². The number of amides is 1. The molecule has 1 saturated heterocycles. The van der Waals surface area contributed by atoms with Gasteiger partial charge in [-0.25, -0.2) is 0 Å². The van der Waals surface area contributed by atoms with Crippen LogP contribution in [-0.4, -0.2) is 19.0 Å². The zero-order valence-electron chi connectivity index (χ0n) is 15.6. The number of benzene rings is 1. The van der Waals surface area contributed by atoms with Gasteiger partial charge in [0, 0.05) is 5.92 Å². The van der Waals surface area contributed by atoms with Crippen molar-refractivity contribution >= 4 is 18.3 Å². The molecule has 0 radical (unpaired) electrons. The van der Waals surface area contributed by atoms with Crippen LogP contribution in [0.5, 0.6) is 0 Å². The SMILES string of the molecule is CCC(C)c1ccc(C(NC(=O)C(C)C2CNC2)C(C)C)cc1.Cl. The average Bonchev–Trinajstić information content (AvgIpc) is 2.49. The molecule has 3 unspecified atom stereocenters. The van der Waals surface area contributed by atoms with Gasteiger partial charge in [-0.3, -0.25) is 4.79 Å². The third-order valence-corrected chi connectivity index (χ3v) is 5.38. The summed E-state index contributed by atoms with van der Waals surface area (Å²) in [5, 5.41) is 6.52. The summed E-state index contributed by atoms with van der Waals surface area (Å²) in [6.45, 7) is 12.8. The second-order valence-electron chi connectivity index (χ2n) is 7.41. The van der Waals surface area contributed by atoms with Crippen LogP contribution in [0.15, 0.2) is 24.3 Å². The first-order valence-corrected chi connectivity index (χ1v) is 9.05. The number of nitrogens with one attached hydrogen (secondary N) is 2. The molecule has 1 fully saturated rings. The van der Waals surface area contributed by atoms with E-state index in [9.17, 15) is 4.79 Å². The second kappa shape index (κ2) is 9.43. The van der Waals surface area contributed by atoms with Gasteiger partial charge in [0.1, 0.15) is 0 Å². The first-order valence-electron chi connectivity index (χ1n) is 9.05. The van der Waals surface area contributed by atoms with E-state index in [2.05, 4.69) is 62.6 Å². The molecule has 3 atom stereocenters. The van der Waals surface area contributed by atoms with Gasteiger partial charge in [-0.1, -0.05) is 58.9 Å². The summed E-state index contributed by atoms with van der Waals surface area (Å²) < 4.78 is 0. The van der Waals surface area contributed by atoms with Crippen molar-refractivity contribution in [3.63, 3.8) is 0 Å². The molecule has 3 nitrogen and oxygen atoms in total. The fraction of sp³-hybridized carbons (Fsp3) is 0.650. The summed E-state index contributed by atoms with van der Waals surface area (Å²) in [5.41, 5.74) is 2.58. The highest BCUT2D eigenvalue weighted by Gasteiger charge is 2.30. The Hall–Kier alpha value is -1.06. The minimum Gasteiger partial charge on any atom is -0.349 e. The molecule has 0 aliphatic carbocycles. The van der Waals surface area contributed by atoms with E-state index in [1.54, 1.807) is 0 Å². The molecular formula is C20H33ClN2O. The van der Waals surface area contributed by atoms with Crippen molar-refractivity contribution in [1.82, 2.24) is 10.6 Å². The fourth-order valence-corrected chi connectivity index (χ4v) is 3.07. The highest BCUT2D eigenvalue weighted by molar-refractivity contribution is 5.85. The molecule has 136 valence electrons. The Kier molecular flexibility index (Phi) is 8.24. The van der Waals surface area contributed by atoms with Crippen molar-refractivity contribution in [3.8, 4) is 0 Å². The molecule has 2 rings (SSSR count). The Morgan fingerprint density at radius 1 is 1.12 bits per heavy atom. The van der Waals surface area contributed by atoms with Gasteiger partial charge >= 0.3 is 0 Å². The number of hydrogen-bond acceptors (Lipinski definition) is 2. The van der Waals surface area contributed by atoms with Gasteiger partial charge in [0.2, 0.25) is 5.91 Å². The van der Waals surface area contributed by atoms with E-state index in [0.29, 0.717) is 17.8 Å². The van der Waals surface area contributed by atoms with E-state index in [1.807, 2.05) is 6.92 Å². The maximum Gasteiger partial charge on any atom is 0.223 e. The molecular weight excluding hydrogens is 320 g/mol. The van der Waals surface area contributed by atoms with Crippen LogP contribution < -0.4 is 10.6 Å². The minimum absolute atomic E-state index is 0. The van der Waals surface area contributed by atoms with Crippen LogP contribution in [0.4, 0.5) is 0 Å². The predicted molar refractivity (Wildman–Crippen MR) is 104 cm³/mol. The molecule has 0 aromatic heterocycles. The van der Waals surface area contributed by atoms with Gasteiger partial charge in [-0.2, -0.15) is 0 Å². The van der Waals surface area contributed by atoms with Crippen LogP contribution in [0.2, 0.25) is 0 Å². The Morgan fingerprint density at radius 3 is 2.08 bits per heavy atom. The van der Waals surface area contributed by atoms with Crippen LogP contribution in [-0.2, 0) is 4.79 Å². The second-order valence-corrected chi connectivity index (χ2v) is 7.41. The Bertz CT molecular complexity index is 511. The van der Waals surface area contributed by atoms with E-state index in [0.717, 1.165) is 19.5 Å². The van der Waals surface area contributed by atoms with Crippen LogP contribution in [0.1, 0.15) is 64.1 Å². The normalized spacial score (nSPS) is 18.2. The van der Waals surface area contributed by atoms with Gasteiger partial charge in [0.15, 0.2) is 0 Å². The first-order chi connectivity index (χ1) is 10.9. The highest BCUT2D eigenvalue weighted by atomic mass is 35.5. The summed E-state index contributed by atoms with van der Waals surface area (Å²) in [7, 11) is 0. The molecule has 2 N–H and O–H groups in total. The van der Waals surface area contributed by atoms with Crippen molar-refractivity contribution in [2.45, 2.75) is 53.0 Å². The summed E-state index contributed by atoms with van der Waals surface area (Å²) in [6, 6.07) is 8.88. The predicted octanol–water partition coefficient (Wildman–Crippen LogP) is 4.29. The number of carbonyl (C=O) groups excluding carboxylic acids is 1. The molecule has 4 heteroatoms. The summed E-state index contributed by atoms with van der Waals surface area (Å²) >= 11 is 0. The lowest BCUT2D eigenvalue weighted by molar-refractivity contribution is -0.127. The molecule has 0 spiro atoms. The average molecular weight is 353 g/mol. The van der Waals surface area contributed by atoms with Gasteiger partial charge in [-0.05, 0) is 48.4 Å². The summed E-state index contributed by atoms with van der Waals surface area (Å²) in [5.74, 6) is 1.70. The topological polar surface area (TPSA) is 41.1 Å². The van der Waals surface area contributed by atoms with E-state index in [-0.39, 0.29) is 30.3 Å². The van der Waals surface area contributed by atoms with Gasteiger partial charge in [0.05, 0.1) is 6.04 Å². The zero-order chi connectivity index (χ0) is 17.0. The van der Waals surface area contributed by atoms with E-state index in [4.69, 9.17) is 0 Å². The lowest BCUT2D eigenvalue weighted by Crippen LogP contribution is -2.50. The number of rotatable bonds is 7. The molecule has 24 heavy (non-hydrogen) atoms. The molecule has 0 saturated carbocycles. The monoisotopic (exact) mass is 352 g/mol. The fourth-order valence-electron chi connectivity index (χ4n) is 3.07. The van der Waals surface area contributed by atoms with Crippen molar-refractivity contribution in [2.24, 2.45) is 17.8 Å². The highest BCUT2D eigenvalue weighted by Crippen LogP contribution is 2.26. The van der Waals surface area contributed by atoms with Crippen molar-refractivity contribution in [2.75, 3.05) is 13.1 Å². The van der Waals surface area contributed by atoms with E-state index >= 15 is 0 Å². The maximum atomic E-state index is 12.5. The number of hydrogen-bond donors (Lipinski definition) is 2. The minimum atomic E-state index is 0. The van der Waals surface area contributed by atoms with Gasteiger partial charge in [-0.15, -0.1) is 12.4 Å². The summed E-state index contributed by atoms with van der Waals surface area (Å²) in [6.07, 6.45) is 1.15. The maximum absolute atomic E-state index is 12.5. The Morgan fingerprint density at radius 2 is 1.67 bits per heavy atom. The molecule has 1 aliphatic heterocycles. The van der Waals surface area contributed by atoms with Crippen molar-refractivity contribution < 1.29 is 4.79 Å². The standard InChI is InChI=1S/C20H32N2O.ClH/c1-6-14(4)16-7-9-17(10-8-16)19(13(2)3)22-20(23)15(5)18-11-21-12-18;/h7-10,13-15,18-19,21H,6,11-12H2,1-5H3,(H,22,23);1H. The van der Waals surface area contributed by atoms with Crippen LogP contribution in [0, 0.1) is 17.8 Å². The van der Waals surface area contributed by atoms with Gasteiger partial charge in [0.25, 0.3) is 0 Å². The molecule has 0 bridgehead atoms. The van der Waals surface area contributed by atoms with Crippen LogP contribution in [0.3, 0.4) is 0 Å². The van der Waals surface area contributed by atoms with Crippen molar-refractivity contribution in [1.29, 1.82) is 0 Å². The largest absolute Gasteiger partial charge is 0.349 e. The van der Waals surface area contributed by atoms with Crippen LogP contribution in [0.25, 0.3) is 0 Å².